The Balaban J connectivity index is 2.00. The largest absolute Gasteiger partial charge is 0.494 e. The third-order valence-electron chi connectivity index (χ3n) is 3.91. The number of benzene rings is 1. The van der Waals surface area contributed by atoms with Crippen LogP contribution in [-0.2, 0) is 10.0 Å². The van der Waals surface area contributed by atoms with Crippen LogP contribution in [0.1, 0.15) is 39.0 Å². The minimum atomic E-state index is -3.52. The summed E-state index contributed by atoms with van der Waals surface area (Å²) in [5.74, 6) is 0.666. The monoisotopic (exact) mass is 312 g/mol. The molecule has 0 atom stereocenters. The molecule has 1 aliphatic rings. The van der Waals surface area contributed by atoms with Crippen LogP contribution in [0.2, 0.25) is 0 Å². The van der Waals surface area contributed by atoms with E-state index in [-0.39, 0.29) is 4.90 Å². The van der Waals surface area contributed by atoms with Gasteiger partial charge in [0.1, 0.15) is 5.75 Å². The maximum absolute atomic E-state index is 12.3. The number of ether oxygens (including phenoxy) is 1. The zero-order valence-corrected chi connectivity index (χ0v) is 13.3. The van der Waals surface area contributed by atoms with Crippen LogP contribution in [0.4, 0.5) is 0 Å². The summed E-state index contributed by atoms with van der Waals surface area (Å²) in [5.41, 5.74) is 5.85. The molecule has 0 heterocycles. The van der Waals surface area contributed by atoms with Crippen molar-refractivity contribution in [2.24, 2.45) is 5.73 Å². The second-order valence-electron chi connectivity index (χ2n) is 5.65. The number of nitrogens with one attached hydrogen (secondary N) is 1. The maximum Gasteiger partial charge on any atom is 0.240 e. The van der Waals surface area contributed by atoms with Crippen molar-refractivity contribution in [1.82, 2.24) is 4.72 Å². The first-order valence-electron chi connectivity index (χ1n) is 7.47. The first-order valence-corrected chi connectivity index (χ1v) is 8.95. The predicted octanol–water partition coefficient (Wildman–Crippen LogP) is 2.03. The first-order chi connectivity index (χ1) is 9.95. The van der Waals surface area contributed by atoms with Crippen molar-refractivity contribution in [3.8, 4) is 5.75 Å². The fourth-order valence-electron chi connectivity index (χ4n) is 2.64. The predicted molar refractivity (Wildman–Crippen MR) is 82.8 cm³/mol. The lowest BCUT2D eigenvalue weighted by atomic mass is 9.83. The molecule has 0 unspecified atom stereocenters. The Labute approximate surface area is 126 Å². The lowest BCUT2D eigenvalue weighted by molar-refractivity contribution is 0.296. The van der Waals surface area contributed by atoms with E-state index in [4.69, 9.17) is 10.5 Å². The molecule has 0 amide bonds. The second kappa shape index (κ2) is 6.77. The van der Waals surface area contributed by atoms with Crippen LogP contribution in [-0.4, -0.2) is 27.1 Å². The molecule has 0 aliphatic heterocycles. The summed E-state index contributed by atoms with van der Waals surface area (Å²) in [6, 6.07) is 6.43. The van der Waals surface area contributed by atoms with E-state index < -0.39 is 15.6 Å². The van der Waals surface area contributed by atoms with E-state index in [2.05, 4.69) is 4.72 Å². The number of rotatable bonds is 6. The van der Waals surface area contributed by atoms with Crippen molar-refractivity contribution in [3.63, 3.8) is 0 Å². The summed E-state index contributed by atoms with van der Waals surface area (Å²) < 4.78 is 32.5. The molecule has 21 heavy (non-hydrogen) atoms. The van der Waals surface area contributed by atoms with Gasteiger partial charge in [0.2, 0.25) is 10.0 Å². The summed E-state index contributed by atoms with van der Waals surface area (Å²) >= 11 is 0. The molecule has 0 bridgehead atoms. The van der Waals surface area contributed by atoms with Gasteiger partial charge in [-0.05, 0) is 44.0 Å². The number of hydrogen-bond acceptors (Lipinski definition) is 4. The van der Waals surface area contributed by atoms with Gasteiger partial charge in [0.15, 0.2) is 0 Å². The number of nitrogens with two attached hydrogens (primary N) is 1. The van der Waals surface area contributed by atoms with Crippen LogP contribution >= 0.6 is 0 Å². The molecule has 1 aliphatic carbocycles. The van der Waals surface area contributed by atoms with E-state index in [1.165, 1.54) is 6.42 Å². The highest BCUT2D eigenvalue weighted by Crippen LogP contribution is 2.25. The van der Waals surface area contributed by atoms with Crippen molar-refractivity contribution in [1.29, 1.82) is 0 Å². The van der Waals surface area contributed by atoms with Crippen LogP contribution in [0.5, 0.6) is 5.75 Å². The van der Waals surface area contributed by atoms with E-state index in [9.17, 15) is 8.42 Å². The van der Waals surface area contributed by atoms with Gasteiger partial charge in [-0.25, -0.2) is 13.1 Å². The first kappa shape index (κ1) is 16.3. The molecule has 118 valence electrons. The summed E-state index contributed by atoms with van der Waals surface area (Å²) in [6.07, 6.45) is 5.07. The van der Waals surface area contributed by atoms with Gasteiger partial charge >= 0.3 is 0 Å². The quantitative estimate of drug-likeness (QED) is 0.842. The topological polar surface area (TPSA) is 81.4 Å². The standard InChI is InChI=1S/C15H24N2O3S/c1-2-20-13-6-8-14(9-7-13)21(18,19)17-12-15(16)10-4-3-5-11-15/h6-9,17H,2-5,10-12,16H2,1H3. The molecule has 1 aromatic rings. The fourth-order valence-corrected chi connectivity index (χ4v) is 3.77. The minimum absolute atomic E-state index is 0.241. The molecule has 2 rings (SSSR count). The average Bonchev–Trinajstić information content (AvgIpc) is 2.47. The van der Waals surface area contributed by atoms with Crippen LogP contribution in [0.3, 0.4) is 0 Å². The highest BCUT2D eigenvalue weighted by Gasteiger charge is 2.29. The molecule has 1 saturated carbocycles. The van der Waals surface area contributed by atoms with E-state index in [1.807, 2.05) is 6.92 Å². The van der Waals surface area contributed by atoms with Crippen molar-refractivity contribution in [2.75, 3.05) is 13.2 Å². The molecule has 0 spiro atoms. The van der Waals surface area contributed by atoms with Gasteiger partial charge in [0, 0.05) is 12.1 Å². The van der Waals surface area contributed by atoms with Gasteiger partial charge in [0.25, 0.3) is 0 Å². The minimum Gasteiger partial charge on any atom is -0.494 e. The smallest absolute Gasteiger partial charge is 0.240 e. The van der Waals surface area contributed by atoms with E-state index in [1.54, 1.807) is 24.3 Å². The summed E-state index contributed by atoms with van der Waals surface area (Å²) in [5, 5.41) is 0. The molecule has 1 aromatic carbocycles. The lowest BCUT2D eigenvalue weighted by Gasteiger charge is -2.33. The van der Waals surface area contributed by atoms with Crippen LogP contribution in [0, 0.1) is 0 Å². The molecule has 5 nitrogen and oxygen atoms in total. The van der Waals surface area contributed by atoms with Crippen molar-refractivity contribution in [3.05, 3.63) is 24.3 Å². The molecule has 0 aromatic heterocycles. The zero-order valence-electron chi connectivity index (χ0n) is 12.5. The van der Waals surface area contributed by atoms with Gasteiger partial charge in [-0.3, -0.25) is 0 Å². The zero-order chi connectivity index (χ0) is 15.3. The summed E-state index contributed by atoms with van der Waals surface area (Å²) in [6.45, 7) is 2.74. The normalized spacial score (nSPS) is 18.4. The van der Waals surface area contributed by atoms with Gasteiger partial charge in [-0.2, -0.15) is 0 Å². The summed E-state index contributed by atoms with van der Waals surface area (Å²) in [7, 11) is -3.52. The molecule has 1 fully saturated rings. The number of hydrogen-bond donors (Lipinski definition) is 2. The molecule has 6 heteroatoms. The Hall–Kier alpha value is -1.11. The Morgan fingerprint density at radius 2 is 1.81 bits per heavy atom. The van der Waals surface area contributed by atoms with Gasteiger partial charge in [0.05, 0.1) is 11.5 Å². The lowest BCUT2D eigenvalue weighted by Crippen LogP contribution is -2.51. The highest BCUT2D eigenvalue weighted by molar-refractivity contribution is 7.89. The van der Waals surface area contributed by atoms with Crippen LogP contribution in [0.25, 0.3) is 0 Å². The average molecular weight is 312 g/mol. The molecule has 3 N–H and O–H groups in total. The summed E-state index contributed by atoms with van der Waals surface area (Å²) in [4.78, 5) is 0.241. The molecular formula is C15H24N2O3S. The fraction of sp³-hybridized carbons (Fsp3) is 0.600. The molecule has 0 radical (unpaired) electrons. The Morgan fingerprint density at radius 3 is 2.38 bits per heavy atom. The van der Waals surface area contributed by atoms with Gasteiger partial charge in [-0.1, -0.05) is 19.3 Å². The Bertz CT molecular complexity index is 549. The van der Waals surface area contributed by atoms with Gasteiger partial charge in [-0.15, -0.1) is 0 Å². The third-order valence-corrected chi connectivity index (χ3v) is 5.33. The van der Waals surface area contributed by atoms with Crippen molar-refractivity contribution >= 4 is 10.0 Å². The molecular weight excluding hydrogens is 288 g/mol. The highest BCUT2D eigenvalue weighted by atomic mass is 32.2. The van der Waals surface area contributed by atoms with Crippen LogP contribution < -0.4 is 15.2 Å². The third kappa shape index (κ3) is 4.43. The van der Waals surface area contributed by atoms with Crippen LogP contribution in [0.15, 0.2) is 29.2 Å². The Kier molecular flexibility index (Phi) is 5.24. The number of sulfonamides is 1. The maximum atomic E-state index is 12.3. The van der Waals surface area contributed by atoms with Crippen molar-refractivity contribution < 1.29 is 13.2 Å². The SMILES string of the molecule is CCOc1ccc(S(=O)(=O)NCC2(N)CCCCC2)cc1. The van der Waals surface area contributed by atoms with E-state index in [0.29, 0.717) is 18.9 Å². The van der Waals surface area contributed by atoms with Crippen molar-refractivity contribution in [2.45, 2.75) is 49.5 Å². The second-order valence-corrected chi connectivity index (χ2v) is 7.42. The molecule has 0 saturated heterocycles. The Morgan fingerprint density at radius 1 is 1.19 bits per heavy atom. The van der Waals surface area contributed by atoms with E-state index >= 15 is 0 Å². The van der Waals surface area contributed by atoms with Gasteiger partial charge < -0.3 is 10.5 Å². The van der Waals surface area contributed by atoms with E-state index in [0.717, 1.165) is 25.7 Å².